The number of rotatable bonds is 7. The molecule has 0 fully saturated rings. The maximum atomic E-state index is 12.3. The van der Waals surface area contributed by atoms with Crippen LogP contribution in [0.1, 0.15) is 29.9 Å². The van der Waals surface area contributed by atoms with Crippen LogP contribution in [0.15, 0.2) is 71.3 Å². The van der Waals surface area contributed by atoms with E-state index in [1.807, 2.05) is 74.5 Å². The summed E-state index contributed by atoms with van der Waals surface area (Å²) in [7, 11) is 0. The van der Waals surface area contributed by atoms with Crippen LogP contribution in [0.4, 0.5) is 0 Å². The number of aromatic nitrogens is 2. The van der Waals surface area contributed by atoms with Crippen molar-refractivity contribution in [2.24, 2.45) is 5.10 Å². The lowest BCUT2D eigenvalue weighted by Gasteiger charge is -2.03. The molecule has 142 valence electrons. The Morgan fingerprint density at radius 2 is 2.00 bits per heavy atom. The zero-order valence-electron chi connectivity index (χ0n) is 15.8. The molecule has 0 saturated heterocycles. The van der Waals surface area contributed by atoms with Crippen LogP contribution in [-0.2, 0) is 0 Å². The number of hydrazone groups is 1. The number of amides is 1. The maximum absolute atomic E-state index is 12.3. The molecule has 0 spiro atoms. The van der Waals surface area contributed by atoms with E-state index >= 15 is 0 Å². The lowest BCUT2D eigenvalue weighted by Crippen LogP contribution is -2.17. The Bertz CT molecular complexity index is 991. The summed E-state index contributed by atoms with van der Waals surface area (Å²) >= 11 is 0. The first-order chi connectivity index (χ1) is 13.7. The van der Waals surface area contributed by atoms with Crippen LogP contribution < -0.4 is 10.2 Å². The number of ether oxygens (including phenoxy) is 1. The summed E-state index contributed by atoms with van der Waals surface area (Å²) in [5, 5.41) is 10.9. The van der Waals surface area contributed by atoms with Gasteiger partial charge in [0, 0.05) is 5.56 Å². The van der Waals surface area contributed by atoms with Crippen LogP contribution in [0.2, 0.25) is 0 Å². The summed E-state index contributed by atoms with van der Waals surface area (Å²) < 4.78 is 5.50. The van der Waals surface area contributed by atoms with E-state index < -0.39 is 0 Å². The molecule has 0 saturated carbocycles. The summed E-state index contributed by atoms with van der Waals surface area (Å²) in [6, 6.07) is 19.2. The molecule has 0 atom stereocenters. The molecule has 1 heterocycles. The molecule has 0 aliphatic rings. The molecule has 3 rings (SSSR count). The van der Waals surface area contributed by atoms with Gasteiger partial charge in [0.2, 0.25) is 0 Å². The number of H-pyrrole nitrogens is 1. The van der Waals surface area contributed by atoms with Gasteiger partial charge < -0.3 is 4.74 Å². The standard InChI is InChI=1S/C22H22N4O2/c1-3-28-19-11-7-10-18(13-19)20-14-21(25-24-20)22(27)26-23-15-16(2)12-17-8-5-4-6-9-17/h4-15H,3H2,1-2H3,(H,24,25)(H,26,27)/b16-12+,23-15+. The number of nitrogens with one attached hydrogen (secondary N) is 2. The minimum Gasteiger partial charge on any atom is -0.494 e. The third kappa shape index (κ3) is 5.17. The topological polar surface area (TPSA) is 79.4 Å². The van der Waals surface area contributed by atoms with Crippen molar-refractivity contribution in [3.05, 3.63) is 77.5 Å². The van der Waals surface area contributed by atoms with Crippen LogP contribution in [0.5, 0.6) is 5.75 Å². The van der Waals surface area contributed by atoms with Gasteiger partial charge in [-0.1, -0.05) is 48.5 Å². The van der Waals surface area contributed by atoms with E-state index in [9.17, 15) is 4.79 Å². The number of carbonyl (C=O) groups excluding carboxylic acids is 1. The molecule has 3 aromatic rings. The van der Waals surface area contributed by atoms with Gasteiger partial charge in [-0.05, 0) is 43.2 Å². The predicted octanol–water partition coefficient (Wildman–Crippen LogP) is 4.29. The van der Waals surface area contributed by atoms with E-state index in [1.165, 1.54) is 0 Å². The van der Waals surface area contributed by atoms with Gasteiger partial charge in [0.05, 0.1) is 18.5 Å². The van der Waals surface area contributed by atoms with Crippen LogP contribution in [0, 0.1) is 0 Å². The fourth-order valence-corrected chi connectivity index (χ4v) is 2.60. The highest BCUT2D eigenvalue weighted by atomic mass is 16.5. The molecule has 0 aliphatic carbocycles. The first-order valence-corrected chi connectivity index (χ1v) is 9.01. The average molecular weight is 374 g/mol. The minimum atomic E-state index is -0.358. The lowest BCUT2D eigenvalue weighted by atomic mass is 10.1. The first-order valence-electron chi connectivity index (χ1n) is 9.01. The fraction of sp³-hybridized carbons (Fsp3) is 0.136. The van der Waals surface area contributed by atoms with Crippen LogP contribution in [0.3, 0.4) is 0 Å². The highest BCUT2D eigenvalue weighted by Crippen LogP contribution is 2.22. The molecule has 6 heteroatoms. The lowest BCUT2D eigenvalue weighted by molar-refractivity contribution is 0.0950. The summed E-state index contributed by atoms with van der Waals surface area (Å²) in [5.74, 6) is 0.405. The van der Waals surface area contributed by atoms with Crippen molar-refractivity contribution in [1.29, 1.82) is 0 Å². The summed E-state index contributed by atoms with van der Waals surface area (Å²) in [5.41, 5.74) is 6.36. The van der Waals surface area contributed by atoms with Crippen molar-refractivity contribution in [3.8, 4) is 17.0 Å². The van der Waals surface area contributed by atoms with E-state index in [-0.39, 0.29) is 5.91 Å². The third-order valence-electron chi connectivity index (χ3n) is 3.89. The highest BCUT2D eigenvalue weighted by Gasteiger charge is 2.11. The first kappa shape index (κ1) is 19.1. The second-order valence-electron chi connectivity index (χ2n) is 6.13. The van der Waals surface area contributed by atoms with Crippen LogP contribution in [0.25, 0.3) is 17.3 Å². The van der Waals surface area contributed by atoms with Gasteiger partial charge in [0.25, 0.3) is 5.91 Å². The van der Waals surface area contributed by atoms with Crippen molar-refractivity contribution in [2.45, 2.75) is 13.8 Å². The molecule has 1 amide bonds. The average Bonchev–Trinajstić information content (AvgIpc) is 3.20. The number of allylic oxidation sites excluding steroid dienone is 1. The zero-order valence-corrected chi connectivity index (χ0v) is 15.8. The van der Waals surface area contributed by atoms with Gasteiger partial charge in [0.1, 0.15) is 11.4 Å². The molecule has 2 aromatic carbocycles. The number of aromatic amines is 1. The predicted molar refractivity (Wildman–Crippen MR) is 111 cm³/mol. The molecule has 0 unspecified atom stereocenters. The van der Waals surface area contributed by atoms with Crippen molar-refractivity contribution in [1.82, 2.24) is 15.6 Å². The van der Waals surface area contributed by atoms with Crippen molar-refractivity contribution in [3.63, 3.8) is 0 Å². The molecule has 2 N–H and O–H groups in total. The number of nitrogens with zero attached hydrogens (tertiary/aromatic N) is 2. The SMILES string of the molecule is CCOc1cccc(-c2cc(C(=O)N/N=C/C(C)=C/c3ccccc3)[nH]n2)c1. The van der Waals surface area contributed by atoms with E-state index in [4.69, 9.17) is 4.74 Å². The minimum absolute atomic E-state index is 0.332. The maximum Gasteiger partial charge on any atom is 0.289 e. The second-order valence-corrected chi connectivity index (χ2v) is 6.13. The van der Waals surface area contributed by atoms with Gasteiger partial charge in [-0.2, -0.15) is 10.2 Å². The van der Waals surface area contributed by atoms with Crippen LogP contribution >= 0.6 is 0 Å². The summed E-state index contributed by atoms with van der Waals surface area (Å²) in [4.78, 5) is 12.3. The smallest absolute Gasteiger partial charge is 0.289 e. The van der Waals surface area contributed by atoms with Gasteiger partial charge >= 0.3 is 0 Å². The molecule has 6 nitrogen and oxygen atoms in total. The summed E-state index contributed by atoms with van der Waals surface area (Å²) in [6.07, 6.45) is 3.59. The quantitative estimate of drug-likeness (QED) is 0.478. The number of hydrogen-bond donors (Lipinski definition) is 2. The number of carbonyl (C=O) groups is 1. The van der Waals surface area contributed by atoms with Gasteiger partial charge in [-0.15, -0.1) is 0 Å². The Labute approximate surface area is 163 Å². The Morgan fingerprint density at radius 1 is 1.18 bits per heavy atom. The fourth-order valence-electron chi connectivity index (χ4n) is 2.60. The van der Waals surface area contributed by atoms with Crippen molar-refractivity contribution in [2.75, 3.05) is 6.61 Å². The molecular formula is C22H22N4O2. The molecule has 1 aromatic heterocycles. The number of hydrogen-bond acceptors (Lipinski definition) is 4. The summed E-state index contributed by atoms with van der Waals surface area (Å²) in [6.45, 7) is 4.44. The number of benzene rings is 2. The van der Waals surface area contributed by atoms with Gasteiger partial charge in [0.15, 0.2) is 0 Å². The molecular weight excluding hydrogens is 352 g/mol. The Hall–Kier alpha value is -3.67. The molecule has 0 radical (unpaired) electrons. The van der Waals surface area contributed by atoms with E-state index in [0.717, 1.165) is 22.4 Å². The third-order valence-corrected chi connectivity index (χ3v) is 3.89. The van der Waals surface area contributed by atoms with E-state index in [1.54, 1.807) is 12.3 Å². The molecule has 28 heavy (non-hydrogen) atoms. The Kier molecular flexibility index (Phi) is 6.36. The highest BCUT2D eigenvalue weighted by molar-refractivity contribution is 5.94. The zero-order chi connectivity index (χ0) is 19.8. The van der Waals surface area contributed by atoms with Crippen LogP contribution in [-0.4, -0.2) is 28.9 Å². The van der Waals surface area contributed by atoms with E-state index in [0.29, 0.717) is 18.0 Å². The largest absolute Gasteiger partial charge is 0.494 e. The Morgan fingerprint density at radius 3 is 2.79 bits per heavy atom. The molecule has 0 aliphatic heterocycles. The monoisotopic (exact) mass is 374 g/mol. The molecule has 0 bridgehead atoms. The van der Waals surface area contributed by atoms with Crippen molar-refractivity contribution < 1.29 is 9.53 Å². The van der Waals surface area contributed by atoms with Gasteiger partial charge in [-0.25, -0.2) is 5.43 Å². The van der Waals surface area contributed by atoms with Crippen molar-refractivity contribution >= 4 is 18.2 Å². The van der Waals surface area contributed by atoms with E-state index in [2.05, 4.69) is 20.7 Å². The second kappa shape index (κ2) is 9.32. The normalized spacial score (nSPS) is 11.6. The van der Waals surface area contributed by atoms with Gasteiger partial charge in [-0.3, -0.25) is 9.89 Å². The Balaban J connectivity index is 1.63.